The third-order valence-electron chi connectivity index (χ3n) is 6.93. The lowest BCUT2D eigenvalue weighted by Crippen LogP contribution is -2.51. The molecule has 0 radical (unpaired) electrons. The van der Waals surface area contributed by atoms with E-state index in [1.807, 2.05) is 48.2 Å². The van der Waals surface area contributed by atoms with Crippen LogP contribution in [-0.4, -0.2) is 67.8 Å². The number of rotatable bonds is 5. The van der Waals surface area contributed by atoms with Gasteiger partial charge in [0, 0.05) is 26.7 Å². The second kappa shape index (κ2) is 12.2. The van der Waals surface area contributed by atoms with Gasteiger partial charge in [0.25, 0.3) is 5.91 Å². The smallest absolute Gasteiger partial charge is 0.257 e. The van der Waals surface area contributed by atoms with E-state index in [9.17, 15) is 4.79 Å². The molecule has 2 aliphatic heterocycles. The third-order valence-corrected chi connectivity index (χ3v) is 6.93. The lowest BCUT2D eigenvalue weighted by molar-refractivity contribution is -0.0155. The number of methoxy groups -OCH3 is 1. The van der Waals surface area contributed by atoms with Gasteiger partial charge >= 0.3 is 0 Å². The Kier molecular flexibility index (Phi) is 8.83. The quantitative estimate of drug-likeness (QED) is 0.635. The standard InChI is InChI=1S/C28H38N2O4/c1-3-33-23-15-13-22(14-16-23)21-29-17-7-6-10-25-27(32-2)12-8-18-30(25)28(31)24-9-4-5-11-26(24)34-20-19-29/h4-5,9,11,13-16,25,27H,3,6-8,10,12,17-21H2,1-2H3/t25-,27-/m0/s1. The molecule has 0 bridgehead atoms. The van der Waals surface area contributed by atoms with Crippen molar-refractivity contribution in [3.63, 3.8) is 0 Å². The minimum Gasteiger partial charge on any atom is -0.494 e. The first-order valence-electron chi connectivity index (χ1n) is 12.7. The minimum absolute atomic E-state index is 0.0628. The van der Waals surface area contributed by atoms with E-state index in [1.165, 1.54) is 5.56 Å². The molecule has 0 spiro atoms. The molecule has 6 heteroatoms. The number of para-hydroxylation sites is 1. The van der Waals surface area contributed by atoms with Crippen molar-refractivity contribution in [2.24, 2.45) is 0 Å². The van der Waals surface area contributed by atoms with Crippen LogP contribution in [-0.2, 0) is 11.3 Å². The molecule has 6 nitrogen and oxygen atoms in total. The molecule has 0 N–H and O–H groups in total. The van der Waals surface area contributed by atoms with Crippen LogP contribution >= 0.6 is 0 Å². The van der Waals surface area contributed by atoms with Crippen LogP contribution in [0.3, 0.4) is 0 Å². The number of hydrogen-bond donors (Lipinski definition) is 0. The van der Waals surface area contributed by atoms with Crippen LogP contribution < -0.4 is 9.47 Å². The highest BCUT2D eigenvalue weighted by Gasteiger charge is 2.35. The van der Waals surface area contributed by atoms with Crippen molar-refractivity contribution in [2.75, 3.05) is 40.0 Å². The van der Waals surface area contributed by atoms with Crippen molar-refractivity contribution in [1.82, 2.24) is 9.80 Å². The van der Waals surface area contributed by atoms with Gasteiger partial charge in [-0.05, 0) is 69.0 Å². The van der Waals surface area contributed by atoms with Gasteiger partial charge in [-0.2, -0.15) is 0 Å². The summed E-state index contributed by atoms with van der Waals surface area (Å²) >= 11 is 0. The van der Waals surface area contributed by atoms with Gasteiger partial charge < -0.3 is 19.1 Å². The maximum atomic E-state index is 13.6. The van der Waals surface area contributed by atoms with Crippen LogP contribution in [0, 0.1) is 0 Å². The van der Waals surface area contributed by atoms with Gasteiger partial charge in [0.15, 0.2) is 0 Å². The van der Waals surface area contributed by atoms with Gasteiger partial charge in [-0.3, -0.25) is 9.69 Å². The molecule has 0 unspecified atom stereocenters. The van der Waals surface area contributed by atoms with Gasteiger partial charge in [-0.1, -0.05) is 30.7 Å². The van der Waals surface area contributed by atoms with Crippen LogP contribution in [0.25, 0.3) is 0 Å². The van der Waals surface area contributed by atoms with E-state index in [2.05, 4.69) is 17.0 Å². The molecule has 2 aromatic carbocycles. The molecule has 0 saturated carbocycles. The molecule has 1 saturated heterocycles. The van der Waals surface area contributed by atoms with E-state index in [0.29, 0.717) is 24.5 Å². The summed E-state index contributed by atoms with van der Waals surface area (Å²) in [6.45, 7) is 6.68. The molecule has 2 heterocycles. The van der Waals surface area contributed by atoms with Gasteiger partial charge in [-0.15, -0.1) is 0 Å². The molecule has 2 aromatic rings. The fourth-order valence-corrected chi connectivity index (χ4v) is 5.17. The van der Waals surface area contributed by atoms with E-state index < -0.39 is 0 Å². The van der Waals surface area contributed by atoms with E-state index in [0.717, 1.165) is 64.0 Å². The predicted molar refractivity (Wildman–Crippen MR) is 134 cm³/mol. The van der Waals surface area contributed by atoms with Gasteiger partial charge in [0.2, 0.25) is 0 Å². The van der Waals surface area contributed by atoms with Crippen molar-refractivity contribution >= 4 is 5.91 Å². The molecule has 34 heavy (non-hydrogen) atoms. The monoisotopic (exact) mass is 466 g/mol. The number of amides is 1. The Labute approximate surface area is 203 Å². The number of carbonyl (C=O) groups is 1. The highest BCUT2D eigenvalue weighted by Crippen LogP contribution is 2.29. The van der Waals surface area contributed by atoms with Crippen LogP contribution in [0.4, 0.5) is 0 Å². The summed E-state index contributed by atoms with van der Waals surface area (Å²) in [5.74, 6) is 1.64. The third kappa shape index (κ3) is 6.10. The van der Waals surface area contributed by atoms with Crippen molar-refractivity contribution < 1.29 is 19.0 Å². The molecule has 1 fully saturated rings. The fraction of sp³-hybridized carbons (Fsp3) is 0.536. The van der Waals surface area contributed by atoms with E-state index >= 15 is 0 Å². The van der Waals surface area contributed by atoms with Gasteiger partial charge in [-0.25, -0.2) is 0 Å². The van der Waals surface area contributed by atoms with Gasteiger partial charge in [0.05, 0.1) is 24.3 Å². The van der Waals surface area contributed by atoms with E-state index in [-0.39, 0.29) is 18.1 Å². The highest BCUT2D eigenvalue weighted by molar-refractivity contribution is 5.97. The molecule has 0 aliphatic carbocycles. The number of carbonyl (C=O) groups excluding carboxylic acids is 1. The first-order valence-corrected chi connectivity index (χ1v) is 12.7. The first-order chi connectivity index (χ1) is 16.7. The average molecular weight is 467 g/mol. The zero-order chi connectivity index (χ0) is 23.8. The normalized spacial score (nSPS) is 22.4. The fourth-order valence-electron chi connectivity index (χ4n) is 5.17. The van der Waals surface area contributed by atoms with E-state index in [1.54, 1.807) is 7.11 Å². The predicted octanol–water partition coefficient (Wildman–Crippen LogP) is 4.77. The Balaban J connectivity index is 1.51. The second-order valence-electron chi connectivity index (χ2n) is 9.18. The lowest BCUT2D eigenvalue weighted by atomic mass is 9.93. The maximum absolute atomic E-state index is 13.6. The van der Waals surface area contributed by atoms with Crippen molar-refractivity contribution in [2.45, 2.75) is 57.7 Å². The molecule has 2 atom stereocenters. The molecule has 4 rings (SSSR count). The number of nitrogens with zero attached hydrogens (tertiary/aromatic N) is 2. The minimum atomic E-state index is 0.0628. The summed E-state index contributed by atoms with van der Waals surface area (Å²) in [5, 5.41) is 0. The lowest BCUT2D eigenvalue weighted by Gasteiger charge is -2.41. The molecule has 1 amide bonds. The second-order valence-corrected chi connectivity index (χ2v) is 9.18. The Hall–Kier alpha value is -2.57. The largest absolute Gasteiger partial charge is 0.494 e. The van der Waals surface area contributed by atoms with Crippen LogP contribution in [0.5, 0.6) is 11.5 Å². The number of fused-ring (bicyclic) bond motifs is 2. The Bertz CT molecular complexity index is 917. The first kappa shape index (κ1) is 24.6. The molecule has 2 aliphatic rings. The van der Waals surface area contributed by atoms with Crippen LogP contribution in [0.15, 0.2) is 48.5 Å². The summed E-state index contributed by atoms with van der Waals surface area (Å²) in [5.41, 5.74) is 1.92. The summed E-state index contributed by atoms with van der Waals surface area (Å²) in [4.78, 5) is 18.1. The van der Waals surface area contributed by atoms with Crippen molar-refractivity contribution in [3.8, 4) is 11.5 Å². The summed E-state index contributed by atoms with van der Waals surface area (Å²) < 4.78 is 17.6. The van der Waals surface area contributed by atoms with Crippen LogP contribution in [0.1, 0.15) is 54.9 Å². The molecular formula is C28H38N2O4. The number of hydrogen-bond acceptors (Lipinski definition) is 5. The zero-order valence-corrected chi connectivity index (χ0v) is 20.6. The number of ether oxygens (including phenoxy) is 3. The summed E-state index contributed by atoms with van der Waals surface area (Å²) in [6.07, 6.45) is 5.18. The summed E-state index contributed by atoms with van der Waals surface area (Å²) in [7, 11) is 1.77. The molecular weight excluding hydrogens is 428 g/mol. The molecule has 184 valence electrons. The Morgan fingerprint density at radius 2 is 1.79 bits per heavy atom. The maximum Gasteiger partial charge on any atom is 0.257 e. The number of piperidine rings is 1. The van der Waals surface area contributed by atoms with Crippen molar-refractivity contribution in [1.29, 1.82) is 0 Å². The average Bonchev–Trinajstić information content (AvgIpc) is 2.88. The zero-order valence-electron chi connectivity index (χ0n) is 20.6. The number of benzene rings is 2. The highest BCUT2D eigenvalue weighted by atomic mass is 16.5. The topological polar surface area (TPSA) is 51.2 Å². The Morgan fingerprint density at radius 1 is 0.971 bits per heavy atom. The summed E-state index contributed by atoms with van der Waals surface area (Å²) in [6, 6.07) is 16.1. The SMILES string of the molecule is CCOc1ccc(CN2CCCC[C@H]3[C@@H](OC)CCCN3C(=O)c3ccccc3OCC2)cc1. The van der Waals surface area contributed by atoms with Crippen LogP contribution in [0.2, 0.25) is 0 Å². The van der Waals surface area contributed by atoms with Gasteiger partial charge in [0.1, 0.15) is 18.1 Å². The Morgan fingerprint density at radius 3 is 2.59 bits per heavy atom. The molecule has 0 aromatic heterocycles. The van der Waals surface area contributed by atoms with E-state index in [4.69, 9.17) is 14.2 Å². The van der Waals surface area contributed by atoms with Crippen molar-refractivity contribution in [3.05, 3.63) is 59.7 Å².